The van der Waals surface area contributed by atoms with Crippen LogP contribution in [0, 0.1) is 13.2 Å². The predicted molar refractivity (Wildman–Crippen MR) is 101 cm³/mol. The molecular formula is C18H11I2. The first-order valence-electron chi connectivity index (χ1n) is 6.26. The number of allylic oxidation sites excluding steroid dienone is 5. The second-order valence-electron chi connectivity index (χ2n) is 4.47. The Bertz CT molecular complexity index is 641. The van der Waals surface area contributed by atoms with Gasteiger partial charge >= 0.3 is 0 Å². The van der Waals surface area contributed by atoms with Gasteiger partial charge in [0.2, 0.25) is 0 Å². The number of benzene rings is 2. The Morgan fingerprint density at radius 3 is 1.65 bits per heavy atom. The zero-order chi connectivity index (χ0) is 13.9. The zero-order valence-corrected chi connectivity index (χ0v) is 14.9. The summed E-state index contributed by atoms with van der Waals surface area (Å²) >= 11 is 4.67. The molecule has 0 bridgehead atoms. The first-order chi connectivity index (χ1) is 9.74. The van der Waals surface area contributed by atoms with E-state index in [1.54, 1.807) is 0 Å². The first-order valence-corrected chi connectivity index (χ1v) is 8.42. The van der Waals surface area contributed by atoms with Crippen LogP contribution in [0.3, 0.4) is 0 Å². The molecule has 2 aromatic rings. The Morgan fingerprint density at radius 2 is 1.25 bits per heavy atom. The molecule has 2 heteroatoms. The lowest BCUT2D eigenvalue weighted by molar-refractivity contribution is 1.49. The molecule has 0 aromatic heterocycles. The molecule has 0 saturated carbocycles. The van der Waals surface area contributed by atoms with E-state index in [1.807, 2.05) is 12.2 Å². The molecule has 1 radical (unpaired) electrons. The van der Waals surface area contributed by atoms with Gasteiger partial charge in [0.05, 0.1) is 0 Å². The highest BCUT2D eigenvalue weighted by atomic mass is 127. The van der Waals surface area contributed by atoms with Crippen LogP contribution in [-0.4, -0.2) is 0 Å². The van der Waals surface area contributed by atoms with Crippen LogP contribution in [-0.2, 0) is 0 Å². The van der Waals surface area contributed by atoms with E-state index in [0.717, 1.165) is 5.57 Å². The summed E-state index contributed by atoms with van der Waals surface area (Å²) in [7, 11) is 0. The van der Waals surface area contributed by atoms with Crippen molar-refractivity contribution in [1.82, 2.24) is 0 Å². The van der Waals surface area contributed by atoms with Gasteiger partial charge in [0, 0.05) is 7.14 Å². The zero-order valence-electron chi connectivity index (χ0n) is 10.6. The van der Waals surface area contributed by atoms with Crippen LogP contribution in [0.5, 0.6) is 0 Å². The lowest BCUT2D eigenvalue weighted by Crippen LogP contribution is -1.92. The average Bonchev–Trinajstić information content (AvgIpc) is 2.97. The molecule has 1 aliphatic rings. The van der Waals surface area contributed by atoms with E-state index in [2.05, 4.69) is 106 Å². The molecule has 0 unspecified atom stereocenters. The molecule has 0 heterocycles. The molecule has 97 valence electrons. The van der Waals surface area contributed by atoms with Gasteiger partial charge in [0.25, 0.3) is 0 Å². The molecule has 0 atom stereocenters. The molecule has 0 fully saturated rings. The minimum absolute atomic E-state index is 1.15. The SMILES string of the molecule is Ic1ccc(C(=C2[C]=CC=C2)c2ccc(I)cc2)cc1. The fraction of sp³-hybridized carbons (Fsp3) is 0. The van der Waals surface area contributed by atoms with E-state index in [9.17, 15) is 0 Å². The van der Waals surface area contributed by atoms with E-state index in [0.29, 0.717) is 0 Å². The van der Waals surface area contributed by atoms with Gasteiger partial charge in [-0.2, -0.15) is 0 Å². The van der Waals surface area contributed by atoms with Crippen LogP contribution in [0.4, 0.5) is 0 Å². The maximum atomic E-state index is 3.32. The maximum absolute atomic E-state index is 3.32. The maximum Gasteiger partial charge on any atom is 0.0130 e. The van der Waals surface area contributed by atoms with Crippen molar-refractivity contribution >= 4 is 50.8 Å². The molecule has 2 aromatic carbocycles. The molecule has 1 aliphatic carbocycles. The van der Waals surface area contributed by atoms with Crippen molar-refractivity contribution in [2.24, 2.45) is 0 Å². The van der Waals surface area contributed by atoms with Crippen molar-refractivity contribution in [3.8, 4) is 0 Å². The fourth-order valence-corrected chi connectivity index (χ4v) is 2.92. The molecule has 0 amide bonds. The van der Waals surface area contributed by atoms with Crippen LogP contribution < -0.4 is 0 Å². The van der Waals surface area contributed by atoms with E-state index in [1.165, 1.54) is 23.8 Å². The highest BCUT2D eigenvalue weighted by molar-refractivity contribution is 14.1. The fourth-order valence-electron chi connectivity index (χ4n) is 2.20. The summed E-state index contributed by atoms with van der Waals surface area (Å²) in [6.07, 6.45) is 9.44. The Morgan fingerprint density at radius 1 is 0.750 bits per heavy atom. The summed E-state index contributed by atoms with van der Waals surface area (Å²) in [5, 5.41) is 0. The molecule has 20 heavy (non-hydrogen) atoms. The van der Waals surface area contributed by atoms with Gasteiger partial charge in [-0.3, -0.25) is 0 Å². The molecule has 0 aliphatic heterocycles. The summed E-state index contributed by atoms with van der Waals surface area (Å²) in [5.74, 6) is 0. The van der Waals surface area contributed by atoms with Crippen molar-refractivity contribution < 1.29 is 0 Å². The minimum atomic E-state index is 1.15. The van der Waals surface area contributed by atoms with Crippen LogP contribution >= 0.6 is 45.2 Å². The van der Waals surface area contributed by atoms with Gasteiger partial charge in [-0.25, -0.2) is 0 Å². The summed E-state index contributed by atoms with van der Waals surface area (Å²) in [4.78, 5) is 0. The third-order valence-corrected chi connectivity index (χ3v) is 4.57. The van der Waals surface area contributed by atoms with Gasteiger partial charge in [0.1, 0.15) is 0 Å². The molecular weight excluding hydrogens is 470 g/mol. The van der Waals surface area contributed by atoms with E-state index in [-0.39, 0.29) is 0 Å². The summed E-state index contributed by atoms with van der Waals surface area (Å²) < 4.78 is 2.50. The number of rotatable bonds is 2. The topological polar surface area (TPSA) is 0 Å². The van der Waals surface area contributed by atoms with Gasteiger partial charge in [-0.05, 0) is 97.8 Å². The van der Waals surface area contributed by atoms with Crippen LogP contribution in [0.2, 0.25) is 0 Å². The molecule has 0 N–H and O–H groups in total. The Kier molecular flexibility index (Phi) is 4.41. The predicted octanol–water partition coefficient (Wildman–Crippen LogP) is 5.63. The number of hydrogen-bond acceptors (Lipinski definition) is 0. The number of hydrogen-bond donors (Lipinski definition) is 0. The monoisotopic (exact) mass is 481 g/mol. The van der Waals surface area contributed by atoms with Crippen molar-refractivity contribution in [2.75, 3.05) is 0 Å². The third-order valence-electron chi connectivity index (χ3n) is 3.13. The molecule has 3 rings (SSSR count). The molecule has 0 spiro atoms. The second-order valence-corrected chi connectivity index (χ2v) is 6.96. The highest BCUT2D eigenvalue weighted by Crippen LogP contribution is 2.30. The van der Waals surface area contributed by atoms with Crippen molar-refractivity contribution in [3.63, 3.8) is 0 Å². The van der Waals surface area contributed by atoms with Crippen LogP contribution in [0.25, 0.3) is 5.57 Å². The quantitative estimate of drug-likeness (QED) is 0.489. The largest absolute Gasteiger partial charge is 0.0610 e. The molecule has 0 saturated heterocycles. The normalized spacial score (nSPS) is 13.0. The van der Waals surface area contributed by atoms with Gasteiger partial charge in [0.15, 0.2) is 0 Å². The Labute approximate surface area is 146 Å². The van der Waals surface area contributed by atoms with Crippen LogP contribution in [0.15, 0.2) is 72.3 Å². The smallest absolute Gasteiger partial charge is 0.0130 e. The Balaban J connectivity index is 2.17. The molecule has 0 nitrogen and oxygen atoms in total. The number of halogens is 2. The van der Waals surface area contributed by atoms with E-state index in [4.69, 9.17) is 0 Å². The van der Waals surface area contributed by atoms with Gasteiger partial charge in [-0.15, -0.1) is 0 Å². The second kappa shape index (κ2) is 6.26. The summed E-state index contributed by atoms with van der Waals surface area (Å²) in [6.45, 7) is 0. The van der Waals surface area contributed by atoms with Gasteiger partial charge < -0.3 is 0 Å². The van der Waals surface area contributed by atoms with Crippen molar-refractivity contribution in [2.45, 2.75) is 0 Å². The van der Waals surface area contributed by atoms with Gasteiger partial charge in [-0.1, -0.05) is 42.5 Å². The van der Waals surface area contributed by atoms with Crippen molar-refractivity contribution in [3.05, 3.63) is 96.7 Å². The van der Waals surface area contributed by atoms with Crippen LogP contribution in [0.1, 0.15) is 11.1 Å². The standard InChI is InChI=1S/C18H11I2/c19-16-9-5-14(6-10-16)18(13-3-1-2-4-13)15-7-11-17(20)12-8-15/h1-3,5-12H. The van der Waals surface area contributed by atoms with E-state index >= 15 is 0 Å². The summed E-state index contributed by atoms with van der Waals surface area (Å²) in [6, 6.07) is 17.3. The lowest BCUT2D eigenvalue weighted by Gasteiger charge is -2.11. The van der Waals surface area contributed by atoms with E-state index < -0.39 is 0 Å². The first kappa shape index (κ1) is 14.1. The van der Waals surface area contributed by atoms with Crippen molar-refractivity contribution in [1.29, 1.82) is 0 Å². The lowest BCUT2D eigenvalue weighted by atomic mass is 9.93. The minimum Gasteiger partial charge on any atom is -0.0610 e. The highest BCUT2D eigenvalue weighted by Gasteiger charge is 2.10. The summed E-state index contributed by atoms with van der Waals surface area (Å²) in [5.41, 5.74) is 4.85. The Hall–Kier alpha value is -0.880. The average molecular weight is 481 g/mol. The third kappa shape index (κ3) is 3.06.